The molecule has 1 heterocycles. The Morgan fingerprint density at radius 2 is 2.00 bits per heavy atom. The van der Waals surface area contributed by atoms with Crippen LogP contribution in [0, 0.1) is 5.92 Å². The molecule has 0 bridgehead atoms. The number of nitrogens with one attached hydrogen (secondary N) is 1. The number of rotatable bonds is 9. The van der Waals surface area contributed by atoms with Crippen LogP contribution in [-0.2, 0) is 6.42 Å². The number of anilines is 2. The minimum absolute atomic E-state index is 0.883. The highest BCUT2D eigenvalue weighted by molar-refractivity contribution is 5.58. The fourth-order valence-corrected chi connectivity index (χ4v) is 2.56. The molecule has 2 rings (SSSR count). The minimum Gasteiger partial charge on any atom is -0.370 e. The SMILES string of the molecule is CCCNc1ncnc(N(CCC)CC2CC2)c1CC. The minimum atomic E-state index is 0.883. The summed E-state index contributed by atoms with van der Waals surface area (Å²) in [7, 11) is 0. The Balaban J connectivity index is 2.21. The van der Waals surface area contributed by atoms with Gasteiger partial charge in [-0.1, -0.05) is 20.8 Å². The molecule has 0 aromatic carbocycles. The third-order valence-electron chi connectivity index (χ3n) is 3.79. The molecule has 4 heteroatoms. The van der Waals surface area contributed by atoms with Gasteiger partial charge in [-0.15, -0.1) is 0 Å². The second kappa shape index (κ2) is 7.46. The number of hydrogen-bond donors (Lipinski definition) is 1. The van der Waals surface area contributed by atoms with E-state index in [0.717, 1.165) is 56.5 Å². The molecule has 0 unspecified atom stereocenters. The van der Waals surface area contributed by atoms with Gasteiger partial charge in [0.15, 0.2) is 0 Å². The predicted octanol–water partition coefficient (Wildman–Crippen LogP) is 3.49. The second-order valence-corrected chi connectivity index (χ2v) is 5.69. The Morgan fingerprint density at radius 3 is 2.60 bits per heavy atom. The molecular formula is C16H28N4. The van der Waals surface area contributed by atoms with Crippen molar-refractivity contribution in [2.75, 3.05) is 29.9 Å². The zero-order valence-electron chi connectivity index (χ0n) is 13.2. The summed E-state index contributed by atoms with van der Waals surface area (Å²) < 4.78 is 0. The van der Waals surface area contributed by atoms with Gasteiger partial charge < -0.3 is 10.2 Å². The zero-order valence-corrected chi connectivity index (χ0v) is 13.2. The topological polar surface area (TPSA) is 41.1 Å². The quantitative estimate of drug-likeness (QED) is 0.749. The standard InChI is InChI=1S/C16H28N4/c1-4-9-17-15-14(6-3)16(19-12-18-15)20(10-5-2)11-13-7-8-13/h12-13H,4-11H2,1-3H3,(H,17,18,19). The molecule has 0 amide bonds. The highest BCUT2D eigenvalue weighted by atomic mass is 15.2. The predicted molar refractivity (Wildman–Crippen MR) is 85.4 cm³/mol. The molecule has 1 aromatic heterocycles. The third-order valence-corrected chi connectivity index (χ3v) is 3.79. The van der Waals surface area contributed by atoms with E-state index in [9.17, 15) is 0 Å². The molecule has 1 aromatic rings. The summed E-state index contributed by atoms with van der Waals surface area (Å²) in [5.41, 5.74) is 1.27. The van der Waals surface area contributed by atoms with Crippen molar-refractivity contribution in [3.05, 3.63) is 11.9 Å². The van der Waals surface area contributed by atoms with Crippen LogP contribution in [0.1, 0.15) is 52.0 Å². The van der Waals surface area contributed by atoms with Gasteiger partial charge in [0.1, 0.15) is 18.0 Å². The summed E-state index contributed by atoms with van der Waals surface area (Å²) in [6, 6.07) is 0. The maximum absolute atomic E-state index is 4.59. The van der Waals surface area contributed by atoms with Crippen LogP contribution >= 0.6 is 0 Å². The van der Waals surface area contributed by atoms with Gasteiger partial charge in [0.2, 0.25) is 0 Å². The summed E-state index contributed by atoms with van der Waals surface area (Å²) in [5, 5.41) is 3.44. The lowest BCUT2D eigenvalue weighted by Crippen LogP contribution is -2.29. The molecule has 0 saturated heterocycles. The van der Waals surface area contributed by atoms with Gasteiger partial charge in [0.25, 0.3) is 0 Å². The molecule has 4 nitrogen and oxygen atoms in total. The maximum atomic E-state index is 4.59. The molecule has 112 valence electrons. The van der Waals surface area contributed by atoms with Crippen molar-refractivity contribution in [2.24, 2.45) is 5.92 Å². The summed E-state index contributed by atoms with van der Waals surface area (Å²) in [6.07, 6.45) is 7.73. The van der Waals surface area contributed by atoms with Gasteiger partial charge in [0.05, 0.1) is 0 Å². The van der Waals surface area contributed by atoms with Crippen LogP contribution in [0.5, 0.6) is 0 Å². The van der Waals surface area contributed by atoms with E-state index in [2.05, 4.69) is 41.0 Å². The molecule has 1 fully saturated rings. The second-order valence-electron chi connectivity index (χ2n) is 5.69. The van der Waals surface area contributed by atoms with Crippen LogP contribution in [0.2, 0.25) is 0 Å². The van der Waals surface area contributed by atoms with Crippen molar-refractivity contribution >= 4 is 11.6 Å². The molecule has 20 heavy (non-hydrogen) atoms. The maximum Gasteiger partial charge on any atom is 0.137 e. The molecule has 0 radical (unpaired) electrons. The first-order chi connectivity index (χ1) is 9.80. The van der Waals surface area contributed by atoms with E-state index in [-0.39, 0.29) is 0 Å². The Labute approximate surface area is 123 Å². The Morgan fingerprint density at radius 1 is 1.20 bits per heavy atom. The van der Waals surface area contributed by atoms with Gasteiger partial charge in [-0.2, -0.15) is 0 Å². The first-order valence-corrected chi connectivity index (χ1v) is 8.12. The van der Waals surface area contributed by atoms with Crippen molar-refractivity contribution < 1.29 is 0 Å². The van der Waals surface area contributed by atoms with E-state index in [0.29, 0.717) is 0 Å². The van der Waals surface area contributed by atoms with E-state index in [1.165, 1.54) is 18.4 Å². The van der Waals surface area contributed by atoms with Gasteiger partial charge in [-0.3, -0.25) is 0 Å². The molecule has 1 saturated carbocycles. The average Bonchev–Trinajstić information content (AvgIpc) is 3.28. The molecule has 1 N–H and O–H groups in total. The first-order valence-electron chi connectivity index (χ1n) is 8.12. The highest BCUT2D eigenvalue weighted by Crippen LogP contribution is 2.33. The van der Waals surface area contributed by atoms with Gasteiger partial charge >= 0.3 is 0 Å². The van der Waals surface area contributed by atoms with Crippen molar-refractivity contribution in [2.45, 2.75) is 52.9 Å². The molecule has 1 aliphatic rings. The molecular weight excluding hydrogens is 248 g/mol. The lowest BCUT2D eigenvalue weighted by Gasteiger charge is -2.26. The van der Waals surface area contributed by atoms with E-state index in [4.69, 9.17) is 0 Å². The van der Waals surface area contributed by atoms with Crippen molar-refractivity contribution in [3.63, 3.8) is 0 Å². The van der Waals surface area contributed by atoms with Crippen LogP contribution in [0.3, 0.4) is 0 Å². The van der Waals surface area contributed by atoms with E-state index >= 15 is 0 Å². The highest BCUT2D eigenvalue weighted by Gasteiger charge is 2.26. The van der Waals surface area contributed by atoms with E-state index in [1.807, 2.05) is 0 Å². The molecule has 1 aliphatic carbocycles. The summed E-state index contributed by atoms with van der Waals surface area (Å²) in [5.74, 6) is 3.05. The largest absolute Gasteiger partial charge is 0.370 e. The fraction of sp³-hybridized carbons (Fsp3) is 0.750. The molecule has 0 atom stereocenters. The summed E-state index contributed by atoms with van der Waals surface area (Å²) >= 11 is 0. The average molecular weight is 276 g/mol. The van der Waals surface area contributed by atoms with Crippen LogP contribution in [0.25, 0.3) is 0 Å². The third kappa shape index (κ3) is 3.84. The van der Waals surface area contributed by atoms with Gasteiger partial charge in [0, 0.05) is 25.2 Å². The van der Waals surface area contributed by atoms with Crippen LogP contribution in [0.15, 0.2) is 6.33 Å². The first kappa shape index (κ1) is 15.1. The number of hydrogen-bond acceptors (Lipinski definition) is 4. The van der Waals surface area contributed by atoms with E-state index < -0.39 is 0 Å². The van der Waals surface area contributed by atoms with Crippen LogP contribution in [-0.4, -0.2) is 29.6 Å². The smallest absolute Gasteiger partial charge is 0.137 e. The van der Waals surface area contributed by atoms with Crippen molar-refractivity contribution in [1.82, 2.24) is 9.97 Å². The summed E-state index contributed by atoms with van der Waals surface area (Å²) in [4.78, 5) is 11.5. The Kier molecular flexibility index (Phi) is 5.62. The lowest BCUT2D eigenvalue weighted by molar-refractivity contribution is 0.693. The molecule has 0 spiro atoms. The number of aromatic nitrogens is 2. The van der Waals surface area contributed by atoms with Crippen molar-refractivity contribution in [1.29, 1.82) is 0 Å². The van der Waals surface area contributed by atoms with Crippen molar-refractivity contribution in [3.8, 4) is 0 Å². The normalized spacial score (nSPS) is 14.3. The monoisotopic (exact) mass is 276 g/mol. The number of nitrogens with zero attached hydrogens (tertiary/aromatic N) is 3. The fourth-order valence-electron chi connectivity index (χ4n) is 2.56. The zero-order chi connectivity index (χ0) is 14.4. The Hall–Kier alpha value is -1.32. The summed E-state index contributed by atoms with van der Waals surface area (Å²) in [6.45, 7) is 9.83. The lowest BCUT2D eigenvalue weighted by atomic mass is 10.2. The van der Waals surface area contributed by atoms with Crippen LogP contribution < -0.4 is 10.2 Å². The van der Waals surface area contributed by atoms with Crippen LogP contribution in [0.4, 0.5) is 11.6 Å². The van der Waals surface area contributed by atoms with E-state index in [1.54, 1.807) is 6.33 Å². The Bertz CT molecular complexity index is 415. The van der Waals surface area contributed by atoms with Gasteiger partial charge in [-0.05, 0) is 38.0 Å². The molecule has 0 aliphatic heterocycles. The van der Waals surface area contributed by atoms with Gasteiger partial charge in [-0.25, -0.2) is 9.97 Å².